The van der Waals surface area contributed by atoms with Crippen LogP contribution in [0.1, 0.15) is 61.8 Å². The van der Waals surface area contributed by atoms with E-state index in [2.05, 4.69) is 0 Å². The average Bonchev–Trinajstić information content (AvgIpc) is 2.74. The van der Waals surface area contributed by atoms with E-state index in [4.69, 9.17) is 28.4 Å². The van der Waals surface area contributed by atoms with E-state index in [-0.39, 0.29) is 23.7 Å². The van der Waals surface area contributed by atoms with Crippen LogP contribution in [0.15, 0.2) is 23.8 Å². The van der Waals surface area contributed by atoms with Crippen molar-refractivity contribution in [3.8, 4) is 0 Å². The molecule has 1 aliphatic carbocycles. The van der Waals surface area contributed by atoms with Gasteiger partial charge in [0.1, 0.15) is 12.7 Å². The molecule has 1 heterocycles. The van der Waals surface area contributed by atoms with Gasteiger partial charge in [-0.15, -0.1) is 0 Å². The van der Waals surface area contributed by atoms with Crippen molar-refractivity contribution < 1.29 is 52.4 Å². The first-order valence-corrected chi connectivity index (χ1v) is 12.5. The topological polar surface area (TPSA) is 141 Å². The Morgan fingerprint density at radius 1 is 0.974 bits per heavy atom. The van der Waals surface area contributed by atoms with E-state index >= 15 is 0 Å². The number of hydrogen-bond donors (Lipinski definition) is 0. The molecule has 0 aromatic heterocycles. The summed E-state index contributed by atoms with van der Waals surface area (Å²) in [6.07, 6.45) is -0.987. The molecule has 212 valence electrons. The number of carbonyl (C=O) groups excluding carboxylic acids is 5. The Morgan fingerprint density at radius 2 is 1.53 bits per heavy atom. The largest absolute Gasteiger partial charge is 0.463 e. The fraction of sp³-hybridized carbons (Fsp3) is 0.667. The molecule has 38 heavy (non-hydrogen) atoms. The molecule has 1 saturated heterocycles. The molecule has 1 aliphatic heterocycles. The number of hydrogen-bond acceptors (Lipinski definition) is 11. The summed E-state index contributed by atoms with van der Waals surface area (Å²) in [7, 11) is 0. The Hall–Kier alpha value is -3.05. The summed E-state index contributed by atoms with van der Waals surface area (Å²) in [5.74, 6) is -2.67. The Kier molecular flexibility index (Phi) is 10.8. The molecule has 0 radical (unpaired) electrons. The summed E-state index contributed by atoms with van der Waals surface area (Å²) in [6.45, 7) is 12.0. The van der Waals surface area contributed by atoms with Gasteiger partial charge in [0.25, 0.3) is 0 Å². The molecule has 0 aromatic rings. The lowest BCUT2D eigenvalue weighted by Crippen LogP contribution is -2.63. The molecule has 0 spiro atoms. The number of allylic oxidation sites excluding steroid dienone is 3. The van der Waals surface area contributed by atoms with Crippen LogP contribution in [0.25, 0.3) is 0 Å². The van der Waals surface area contributed by atoms with Crippen LogP contribution in [0.3, 0.4) is 0 Å². The number of ketones is 1. The van der Waals surface area contributed by atoms with Crippen LogP contribution in [-0.2, 0) is 52.4 Å². The molecule has 0 saturated carbocycles. The van der Waals surface area contributed by atoms with Gasteiger partial charge in [-0.1, -0.05) is 31.6 Å². The van der Waals surface area contributed by atoms with Crippen LogP contribution < -0.4 is 0 Å². The minimum atomic E-state index is -1.30. The molecule has 11 nitrogen and oxygen atoms in total. The molecule has 2 rings (SSSR count). The van der Waals surface area contributed by atoms with E-state index in [0.717, 1.165) is 19.4 Å². The van der Waals surface area contributed by atoms with Gasteiger partial charge in [0, 0.05) is 40.0 Å². The second kappa shape index (κ2) is 13.1. The van der Waals surface area contributed by atoms with E-state index in [1.165, 1.54) is 13.8 Å². The Labute approximate surface area is 222 Å². The first-order chi connectivity index (χ1) is 17.6. The third-order valence-electron chi connectivity index (χ3n) is 6.22. The predicted octanol–water partition coefficient (Wildman–Crippen LogP) is 2.59. The van der Waals surface area contributed by atoms with Crippen LogP contribution in [0.4, 0.5) is 0 Å². The van der Waals surface area contributed by atoms with Crippen LogP contribution in [0, 0.1) is 11.3 Å². The highest BCUT2D eigenvalue weighted by molar-refractivity contribution is 5.92. The van der Waals surface area contributed by atoms with Gasteiger partial charge < -0.3 is 28.4 Å². The zero-order chi connectivity index (χ0) is 28.8. The van der Waals surface area contributed by atoms with Gasteiger partial charge in [0.15, 0.2) is 30.4 Å². The van der Waals surface area contributed by atoms with E-state index in [9.17, 15) is 24.0 Å². The van der Waals surface area contributed by atoms with Crippen molar-refractivity contribution in [2.75, 3.05) is 6.61 Å². The molecule has 0 N–H and O–H groups in total. The lowest BCUT2D eigenvalue weighted by atomic mass is 9.68. The van der Waals surface area contributed by atoms with Gasteiger partial charge in [0.05, 0.1) is 6.10 Å². The third-order valence-corrected chi connectivity index (χ3v) is 6.22. The van der Waals surface area contributed by atoms with Crippen molar-refractivity contribution in [3.05, 3.63) is 23.8 Å². The lowest BCUT2D eigenvalue weighted by molar-refractivity contribution is -0.312. The minimum Gasteiger partial charge on any atom is -0.463 e. The van der Waals surface area contributed by atoms with Gasteiger partial charge in [0.2, 0.25) is 0 Å². The van der Waals surface area contributed by atoms with E-state index < -0.39 is 60.7 Å². The van der Waals surface area contributed by atoms with E-state index in [1.807, 2.05) is 26.8 Å². The standard InChI is InChI=1S/C27H38O11/c1-14-11-20(32)12-27(7,8)21(14)10-9-15(2)34-26-25(37-19(6)31)24(36-18(5)30)23(35-17(4)29)22(38-26)13-33-16(3)28/h9-11,15,21-26H,12-13H2,1-8H3. The van der Waals surface area contributed by atoms with Gasteiger partial charge >= 0.3 is 23.9 Å². The number of ether oxygens (including phenoxy) is 6. The second-order valence-corrected chi connectivity index (χ2v) is 10.3. The minimum absolute atomic E-state index is 0.0124. The lowest BCUT2D eigenvalue weighted by Gasteiger charge is -2.44. The highest BCUT2D eigenvalue weighted by Crippen LogP contribution is 2.40. The van der Waals surface area contributed by atoms with Gasteiger partial charge in [-0.25, -0.2) is 0 Å². The molecule has 11 heteroatoms. The normalized spacial score (nSPS) is 29.7. The summed E-state index contributed by atoms with van der Waals surface area (Å²) in [6, 6.07) is 0. The number of carbonyl (C=O) groups is 5. The molecule has 2 aliphatic rings. The van der Waals surface area contributed by atoms with Crippen LogP contribution in [-0.4, -0.2) is 73.1 Å². The zero-order valence-corrected chi connectivity index (χ0v) is 23.2. The zero-order valence-electron chi connectivity index (χ0n) is 23.2. The van der Waals surface area contributed by atoms with Crippen molar-refractivity contribution >= 4 is 29.7 Å². The van der Waals surface area contributed by atoms with E-state index in [0.29, 0.717) is 6.42 Å². The number of rotatable bonds is 9. The second-order valence-electron chi connectivity index (χ2n) is 10.3. The molecule has 7 unspecified atom stereocenters. The average molecular weight is 539 g/mol. The molecule has 0 bridgehead atoms. The highest BCUT2D eigenvalue weighted by atomic mass is 16.7. The van der Waals surface area contributed by atoms with Crippen molar-refractivity contribution in [2.24, 2.45) is 11.3 Å². The molecule has 0 aromatic carbocycles. The van der Waals surface area contributed by atoms with Crippen molar-refractivity contribution in [1.29, 1.82) is 0 Å². The van der Waals surface area contributed by atoms with Gasteiger partial charge in [-0.05, 0) is 25.3 Å². The predicted molar refractivity (Wildman–Crippen MR) is 132 cm³/mol. The van der Waals surface area contributed by atoms with Gasteiger partial charge in [-0.2, -0.15) is 0 Å². The molecular formula is C27H38O11. The first-order valence-electron chi connectivity index (χ1n) is 12.5. The van der Waals surface area contributed by atoms with Crippen molar-refractivity contribution in [1.82, 2.24) is 0 Å². The van der Waals surface area contributed by atoms with Crippen molar-refractivity contribution in [2.45, 2.75) is 98.6 Å². The van der Waals surface area contributed by atoms with Crippen LogP contribution in [0.5, 0.6) is 0 Å². The maximum Gasteiger partial charge on any atom is 0.303 e. The summed E-state index contributed by atoms with van der Waals surface area (Å²) in [4.78, 5) is 59.3. The summed E-state index contributed by atoms with van der Waals surface area (Å²) >= 11 is 0. The fourth-order valence-electron chi connectivity index (χ4n) is 4.81. The summed E-state index contributed by atoms with van der Waals surface area (Å²) in [5, 5.41) is 0. The highest BCUT2D eigenvalue weighted by Gasteiger charge is 2.53. The maximum absolute atomic E-state index is 12.0. The maximum atomic E-state index is 12.0. The quantitative estimate of drug-likeness (QED) is 0.243. The van der Waals surface area contributed by atoms with Crippen LogP contribution in [0.2, 0.25) is 0 Å². The van der Waals surface area contributed by atoms with Crippen molar-refractivity contribution in [3.63, 3.8) is 0 Å². The molecule has 1 fully saturated rings. The molecule has 0 amide bonds. The summed E-state index contributed by atoms with van der Waals surface area (Å²) < 4.78 is 33.3. The fourth-order valence-corrected chi connectivity index (χ4v) is 4.81. The monoisotopic (exact) mass is 538 g/mol. The Morgan fingerprint density at radius 3 is 2.05 bits per heavy atom. The third kappa shape index (κ3) is 8.76. The molecule has 7 atom stereocenters. The number of esters is 4. The Bertz CT molecular complexity index is 980. The smallest absolute Gasteiger partial charge is 0.303 e. The SMILES string of the molecule is CC(=O)OCC1OC(OC(C)C=CC2C(C)=CC(=O)CC2(C)C)C(OC(C)=O)C(OC(C)=O)C1OC(C)=O. The van der Waals surface area contributed by atoms with Gasteiger partial charge in [-0.3, -0.25) is 24.0 Å². The molecular weight excluding hydrogens is 500 g/mol. The van der Waals surface area contributed by atoms with Crippen LogP contribution >= 0.6 is 0 Å². The Balaban J connectivity index is 2.37. The summed E-state index contributed by atoms with van der Waals surface area (Å²) in [5.41, 5.74) is 0.641. The van der Waals surface area contributed by atoms with E-state index in [1.54, 1.807) is 19.1 Å². The first kappa shape index (κ1) is 31.2.